The molecule has 0 aliphatic carbocycles. The van der Waals surface area contributed by atoms with Gasteiger partial charge >= 0.3 is 0 Å². The van der Waals surface area contributed by atoms with E-state index >= 15 is 0 Å². The fraction of sp³-hybridized carbons (Fsp3) is 0. The van der Waals surface area contributed by atoms with Crippen LogP contribution in [0.4, 0.5) is 0 Å². The lowest BCUT2D eigenvalue weighted by atomic mass is 10.1. The average molecular weight is 176 g/mol. The third kappa shape index (κ3) is 2.30. The number of primary amides is 2. The van der Waals surface area contributed by atoms with Crippen LogP contribution in [0.3, 0.4) is 0 Å². The highest BCUT2D eigenvalue weighted by Gasteiger charge is 2.10. The minimum absolute atomic E-state index is 0. The fourth-order valence-electron chi connectivity index (χ4n) is 0.913. The Bertz CT molecular complexity index is 301. The van der Waals surface area contributed by atoms with Crippen molar-refractivity contribution in [3.05, 3.63) is 42.8 Å². The third-order valence-corrected chi connectivity index (χ3v) is 1.46. The second-order valence-corrected chi connectivity index (χ2v) is 2.27. The Hall–Kier alpha value is -1.84. The third-order valence-electron chi connectivity index (χ3n) is 1.46. The predicted molar refractivity (Wildman–Crippen MR) is 46.7 cm³/mol. The molecule has 1 aromatic carbocycles. The first-order valence-corrected chi connectivity index (χ1v) is 3.31. The molecule has 4 N–H and O–H groups in total. The number of rotatable bonds is 2. The van der Waals surface area contributed by atoms with Crippen molar-refractivity contribution < 1.29 is 9.59 Å². The predicted octanol–water partition coefficient (Wildman–Crippen LogP) is -0.0343. The van der Waals surface area contributed by atoms with E-state index in [-0.39, 0.29) is 18.6 Å². The standard InChI is InChI=1S/C8H8N2O2.C/c9-7(11)5-3-1-2-4-6(5)8(10)12;/h1-4H,(H2,9,11)(H2,10,12);. The number of carbonyl (C=O) groups is 2. The molecule has 0 aliphatic heterocycles. The highest BCUT2D eigenvalue weighted by atomic mass is 16.2. The normalized spacial score (nSPS) is 8.62. The number of hydrogen-bond donors (Lipinski definition) is 2. The largest absolute Gasteiger partial charge is 0.366 e. The van der Waals surface area contributed by atoms with Gasteiger partial charge in [-0.2, -0.15) is 0 Å². The molecule has 0 unspecified atom stereocenters. The van der Waals surface area contributed by atoms with Gasteiger partial charge in [0.25, 0.3) is 0 Å². The fourth-order valence-corrected chi connectivity index (χ4v) is 0.913. The Morgan fingerprint density at radius 3 is 1.46 bits per heavy atom. The molecule has 4 nitrogen and oxygen atoms in total. The van der Waals surface area contributed by atoms with E-state index < -0.39 is 11.8 Å². The summed E-state index contributed by atoms with van der Waals surface area (Å²) in [5.74, 6) is -1.30. The molecule has 4 radical (unpaired) electrons. The number of carbonyl (C=O) groups excluding carboxylic acids is 2. The smallest absolute Gasteiger partial charge is 0.249 e. The molecule has 4 heteroatoms. The van der Waals surface area contributed by atoms with Crippen molar-refractivity contribution in [3.8, 4) is 0 Å². The Morgan fingerprint density at radius 2 is 1.23 bits per heavy atom. The summed E-state index contributed by atoms with van der Waals surface area (Å²) < 4.78 is 0. The lowest BCUT2D eigenvalue weighted by molar-refractivity contribution is 0.0967. The van der Waals surface area contributed by atoms with E-state index in [9.17, 15) is 9.59 Å². The van der Waals surface area contributed by atoms with Crippen LogP contribution in [-0.2, 0) is 0 Å². The number of amides is 2. The minimum Gasteiger partial charge on any atom is -0.366 e. The van der Waals surface area contributed by atoms with Crippen molar-refractivity contribution >= 4 is 11.8 Å². The van der Waals surface area contributed by atoms with Gasteiger partial charge in [0.1, 0.15) is 0 Å². The molecule has 0 spiro atoms. The van der Waals surface area contributed by atoms with Crippen LogP contribution in [0, 0.1) is 7.43 Å². The molecule has 66 valence electrons. The van der Waals surface area contributed by atoms with Crippen LogP contribution in [-0.4, -0.2) is 11.8 Å². The molecule has 1 rings (SSSR count). The van der Waals surface area contributed by atoms with Gasteiger partial charge in [0.2, 0.25) is 11.8 Å². The molecule has 0 saturated heterocycles. The first kappa shape index (κ1) is 11.2. The SMILES string of the molecule is NC(=O)c1ccccc1C(N)=O.[C]. The summed E-state index contributed by atoms with van der Waals surface area (Å²) in [6.45, 7) is 0. The topological polar surface area (TPSA) is 86.2 Å². The number of benzene rings is 1. The Morgan fingerprint density at radius 1 is 0.923 bits per heavy atom. The van der Waals surface area contributed by atoms with Crippen molar-refractivity contribution in [1.29, 1.82) is 0 Å². The molecule has 0 aromatic heterocycles. The monoisotopic (exact) mass is 176 g/mol. The summed E-state index contributed by atoms with van der Waals surface area (Å²) in [6.07, 6.45) is 0. The van der Waals surface area contributed by atoms with Gasteiger partial charge in [-0.1, -0.05) is 12.1 Å². The van der Waals surface area contributed by atoms with E-state index in [1.54, 1.807) is 12.1 Å². The summed E-state index contributed by atoms with van der Waals surface area (Å²) in [5, 5.41) is 0. The quantitative estimate of drug-likeness (QED) is 0.662. The summed E-state index contributed by atoms with van der Waals surface area (Å²) in [6, 6.07) is 6.16. The van der Waals surface area contributed by atoms with Crippen LogP contribution < -0.4 is 11.5 Å². The van der Waals surface area contributed by atoms with E-state index in [0.29, 0.717) is 0 Å². The van der Waals surface area contributed by atoms with Gasteiger partial charge < -0.3 is 11.5 Å². The molecule has 0 bridgehead atoms. The summed E-state index contributed by atoms with van der Waals surface area (Å²) in [7, 11) is 0. The molecule has 0 heterocycles. The Balaban J connectivity index is 0.00000144. The van der Waals surface area contributed by atoms with Gasteiger partial charge in [-0.3, -0.25) is 9.59 Å². The first-order chi connectivity index (χ1) is 5.63. The van der Waals surface area contributed by atoms with Gasteiger partial charge in [-0.05, 0) is 12.1 Å². The second-order valence-electron chi connectivity index (χ2n) is 2.27. The zero-order chi connectivity index (χ0) is 9.14. The molecular weight excluding hydrogens is 168 g/mol. The van der Waals surface area contributed by atoms with Crippen LogP contribution in [0.5, 0.6) is 0 Å². The lowest BCUT2D eigenvalue weighted by Crippen LogP contribution is -2.20. The summed E-state index contributed by atoms with van der Waals surface area (Å²) >= 11 is 0. The van der Waals surface area contributed by atoms with Crippen molar-refractivity contribution in [1.82, 2.24) is 0 Å². The highest BCUT2D eigenvalue weighted by Crippen LogP contribution is 2.06. The van der Waals surface area contributed by atoms with Crippen molar-refractivity contribution in [2.24, 2.45) is 11.5 Å². The molecule has 0 fully saturated rings. The molecule has 0 aliphatic rings. The van der Waals surface area contributed by atoms with Crippen molar-refractivity contribution in [2.45, 2.75) is 0 Å². The van der Waals surface area contributed by atoms with Crippen LogP contribution in [0.1, 0.15) is 20.7 Å². The van der Waals surface area contributed by atoms with Gasteiger partial charge in [-0.25, -0.2) is 0 Å². The van der Waals surface area contributed by atoms with Gasteiger partial charge in [0.05, 0.1) is 11.1 Å². The Labute approximate surface area is 76.5 Å². The van der Waals surface area contributed by atoms with Gasteiger partial charge in [-0.15, -0.1) is 0 Å². The molecule has 13 heavy (non-hydrogen) atoms. The van der Waals surface area contributed by atoms with Gasteiger partial charge in [0.15, 0.2) is 0 Å². The van der Waals surface area contributed by atoms with E-state index in [2.05, 4.69) is 0 Å². The number of nitrogens with two attached hydrogens (primary N) is 2. The lowest BCUT2D eigenvalue weighted by Gasteiger charge is -2.00. The number of hydrogen-bond acceptors (Lipinski definition) is 2. The highest BCUT2D eigenvalue weighted by molar-refractivity contribution is 6.05. The maximum absolute atomic E-state index is 10.7. The Kier molecular flexibility index (Phi) is 3.65. The van der Waals surface area contributed by atoms with E-state index in [4.69, 9.17) is 11.5 Å². The zero-order valence-electron chi connectivity index (χ0n) is 6.78. The summed E-state index contributed by atoms with van der Waals surface area (Å²) in [4.78, 5) is 21.5. The molecule has 0 atom stereocenters. The van der Waals surface area contributed by atoms with Crippen LogP contribution in [0.2, 0.25) is 0 Å². The second kappa shape index (κ2) is 4.25. The van der Waals surface area contributed by atoms with E-state index in [1.807, 2.05) is 0 Å². The van der Waals surface area contributed by atoms with Crippen molar-refractivity contribution in [2.75, 3.05) is 0 Å². The van der Waals surface area contributed by atoms with E-state index in [1.165, 1.54) is 12.1 Å². The van der Waals surface area contributed by atoms with Crippen LogP contribution in [0.15, 0.2) is 24.3 Å². The maximum Gasteiger partial charge on any atom is 0.249 e. The maximum atomic E-state index is 10.7. The molecule has 0 saturated carbocycles. The van der Waals surface area contributed by atoms with Crippen LogP contribution in [0.25, 0.3) is 0 Å². The minimum atomic E-state index is -0.649. The molecule has 2 amide bonds. The van der Waals surface area contributed by atoms with Crippen molar-refractivity contribution in [3.63, 3.8) is 0 Å². The molecule has 1 aromatic rings. The first-order valence-electron chi connectivity index (χ1n) is 3.31. The summed E-state index contributed by atoms with van der Waals surface area (Å²) in [5.41, 5.74) is 10.3. The molecular formula is C9H8N2O2. The van der Waals surface area contributed by atoms with E-state index in [0.717, 1.165) is 0 Å². The average Bonchev–Trinajstić information content (AvgIpc) is 2.04. The zero-order valence-corrected chi connectivity index (χ0v) is 6.78. The van der Waals surface area contributed by atoms with Gasteiger partial charge in [0, 0.05) is 7.43 Å². The van der Waals surface area contributed by atoms with Crippen LogP contribution >= 0.6 is 0 Å².